The number of aryl methyl sites for hydroxylation is 2. The fourth-order valence-corrected chi connectivity index (χ4v) is 2.96. The third-order valence-electron chi connectivity index (χ3n) is 4.54. The minimum absolute atomic E-state index is 0.254. The number of ether oxygens (including phenoxy) is 1. The first kappa shape index (κ1) is 20.3. The first-order chi connectivity index (χ1) is 14.1. The highest BCUT2D eigenvalue weighted by Crippen LogP contribution is 2.15. The molecule has 2 aromatic carbocycles. The molecule has 0 radical (unpaired) electrons. The maximum atomic E-state index is 12.6. The van der Waals surface area contributed by atoms with Crippen molar-refractivity contribution >= 4 is 17.4 Å². The molecule has 29 heavy (non-hydrogen) atoms. The molecule has 6 heteroatoms. The van der Waals surface area contributed by atoms with Crippen LogP contribution in [0.2, 0.25) is 0 Å². The van der Waals surface area contributed by atoms with Gasteiger partial charge in [0.25, 0.3) is 5.91 Å². The lowest BCUT2D eigenvalue weighted by atomic mass is 10.1. The molecule has 0 atom stereocenters. The molecule has 1 aromatic heterocycles. The molecule has 0 saturated heterocycles. The molecule has 0 unspecified atom stereocenters. The van der Waals surface area contributed by atoms with Crippen molar-refractivity contribution in [2.45, 2.75) is 26.7 Å². The summed E-state index contributed by atoms with van der Waals surface area (Å²) in [6, 6.07) is 17.4. The summed E-state index contributed by atoms with van der Waals surface area (Å²) in [6.07, 6.45) is 1.77. The van der Waals surface area contributed by atoms with Crippen molar-refractivity contribution in [3.63, 3.8) is 0 Å². The predicted molar refractivity (Wildman–Crippen MR) is 116 cm³/mol. The van der Waals surface area contributed by atoms with E-state index in [1.807, 2.05) is 42.5 Å². The number of hydrogen-bond donors (Lipinski definition) is 2. The summed E-state index contributed by atoms with van der Waals surface area (Å²) in [7, 11) is 1.66. The third-order valence-corrected chi connectivity index (χ3v) is 4.54. The molecule has 0 spiro atoms. The normalized spacial score (nSPS) is 10.4. The Morgan fingerprint density at radius 1 is 1.03 bits per heavy atom. The van der Waals surface area contributed by atoms with Crippen LogP contribution in [0.3, 0.4) is 0 Å². The zero-order valence-electron chi connectivity index (χ0n) is 17.0. The highest BCUT2D eigenvalue weighted by atomic mass is 16.5. The van der Waals surface area contributed by atoms with Crippen molar-refractivity contribution in [2.24, 2.45) is 0 Å². The Labute approximate surface area is 171 Å². The summed E-state index contributed by atoms with van der Waals surface area (Å²) in [5.74, 6) is 1.76. The Hall–Kier alpha value is -3.41. The maximum absolute atomic E-state index is 12.6. The monoisotopic (exact) mass is 390 g/mol. The average molecular weight is 390 g/mol. The summed E-state index contributed by atoms with van der Waals surface area (Å²) in [4.78, 5) is 21.3. The molecule has 3 rings (SSSR count). The van der Waals surface area contributed by atoms with E-state index in [0.29, 0.717) is 23.9 Å². The number of anilines is 2. The predicted octanol–water partition coefficient (Wildman–Crippen LogP) is 4.26. The van der Waals surface area contributed by atoms with Crippen molar-refractivity contribution in [1.82, 2.24) is 9.97 Å². The van der Waals surface area contributed by atoms with Gasteiger partial charge in [-0.1, -0.05) is 31.2 Å². The second-order valence-corrected chi connectivity index (χ2v) is 6.72. The molecule has 0 saturated carbocycles. The quantitative estimate of drug-likeness (QED) is 0.601. The number of aromatic nitrogens is 2. The zero-order valence-corrected chi connectivity index (χ0v) is 17.0. The molecule has 1 heterocycles. The number of methoxy groups -OCH3 is 1. The van der Waals surface area contributed by atoms with Crippen LogP contribution in [0.25, 0.3) is 0 Å². The molecular weight excluding hydrogens is 364 g/mol. The van der Waals surface area contributed by atoms with Gasteiger partial charge in [0.15, 0.2) is 0 Å². The topological polar surface area (TPSA) is 76.1 Å². The molecule has 0 aliphatic rings. The smallest absolute Gasteiger partial charge is 0.274 e. The van der Waals surface area contributed by atoms with E-state index in [4.69, 9.17) is 4.74 Å². The summed E-state index contributed by atoms with van der Waals surface area (Å²) in [6.45, 7) is 4.56. The fraction of sp³-hybridized carbons (Fsp3) is 0.261. The number of carbonyl (C=O) groups excluding carboxylic acids is 1. The maximum Gasteiger partial charge on any atom is 0.274 e. The number of nitrogens with one attached hydrogen (secondary N) is 2. The van der Waals surface area contributed by atoms with Gasteiger partial charge in [-0.15, -0.1) is 0 Å². The van der Waals surface area contributed by atoms with Crippen molar-refractivity contribution in [1.29, 1.82) is 0 Å². The van der Waals surface area contributed by atoms with Gasteiger partial charge in [-0.05, 0) is 55.2 Å². The molecule has 1 amide bonds. The number of rotatable bonds is 8. The third kappa shape index (κ3) is 5.78. The highest BCUT2D eigenvalue weighted by Gasteiger charge is 2.11. The van der Waals surface area contributed by atoms with Crippen LogP contribution in [0.1, 0.15) is 34.4 Å². The number of hydrogen-bond acceptors (Lipinski definition) is 5. The van der Waals surface area contributed by atoms with Crippen molar-refractivity contribution in [2.75, 3.05) is 24.3 Å². The molecule has 6 nitrogen and oxygen atoms in total. The molecule has 2 N–H and O–H groups in total. The van der Waals surface area contributed by atoms with Crippen LogP contribution < -0.4 is 15.4 Å². The Bertz CT molecular complexity index is 971. The second kappa shape index (κ2) is 9.68. The number of benzene rings is 2. The van der Waals surface area contributed by atoms with Gasteiger partial charge >= 0.3 is 0 Å². The van der Waals surface area contributed by atoms with Gasteiger partial charge in [-0.2, -0.15) is 0 Å². The van der Waals surface area contributed by atoms with E-state index in [0.717, 1.165) is 29.8 Å². The van der Waals surface area contributed by atoms with Crippen LogP contribution >= 0.6 is 0 Å². The number of nitrogens with zero attached hydrogens (tertiary/aromatic N) is 2. The lowest BCUT2D eigenvalue weighted by Gasteiger charge is -2.10. The Morgan fingerprint density at radius 3 is 2.55 bits per heavy atom. The van der Waals surface area contributed by atoms with E-state index in [2.05, 4.69) is 33.6 Å². The van der Waals surface area contributed by atoms with E-state index < -0.39 is 0 Å². The molecule has 3 aromatic rings. The SMILES string of the molecule is CCc1ccc(NC(=O)c2cc(NCCc3cccc(OC)c3)nc(C)n2)cc1. The first-order valence-corrected chi connectivity index (χ1v) is 9.70. The highest BCUT2D eigenvalue weighted by molar-refractivity contribution is 6.03. The Kier molecular flexibility index (Phi) is 6.79. The minimum Gasteiger partial charge on any atom is -0.497 e. The standard InChI is InChI=1S/C23H26N4O2/c1-4-17-8-10-19(11-9-17)27-23(28)21-15-22(26-16(2)25-21)24-13-12-18-6-5-7-20(14-18)29-3/h5-11,14-15H,4,12-13H2,1-3H3,(H,27,28)(H,24,25,26). The zero-order chi connectivity index (χ0) is 20.6. The first-order valence-electron chi connectivity index (χ1n) is 9.70. The average Bonchev–Trinajstić information content (AvgIpc) is 2.74. The van der Waals surface area contributed by atoms with Gasteiger partial charge in [0.1, 0.15) is 23.1 Å². The van der Waals surface area contributed by atoms with Crippen molar-refractivity contribution in [3.05, 3.63) is 77.2 Å². The van der Waals surface area contributed by atoms with Gasteiger partial charge in [0, 0.05) is 18.3 Å². The summed E-state index contributed by atoms with van der Waals surface area (Å²) in [5, 5.41) is 6.16. The molecular formula is C23H26N4O2. The fourth-order valence-electron chi connectivity index (χ4n) is 2.96. The van der Waals surface area contributed by atoms with Gasteiger partial charge < -0.3 is 15.4 Å². The van der Waals surface area contributed by atoms with Crippen LogP contribution in [0.4, 0.5) is 11.5 Å². The van der Waals surface area contributed by atoms with E-state index in [9.17, 15) is 4.79 Å². The lowest BCUT2D eigenvalue weighted by Crippen LogP contribution is -2.16. The van der Waals surface area contributed by atoms with Crippen molar-refractivity contribution in [3.8, 4) is 5.75 Å². The van der Waals surface area contributed by atoms with Crippen LogP contribution in [0.5, 0.6) is 5.75 Å². The van der Waals surface area contributed by atoms with Gasteiger partial charge in [-0.25, -0.2) is 9.97 Å². The number of carbonyl (C=O) groups is 1. The largest absolute Gasteiger partial charge is 0.497 e. The summed E-state index contributed by atoms with van der Waals surface area (Å²) in [5.41, 5.74) is 3.47. The molecule has 0 fully saturated rings. The van der Waals surface area contributed by atoms with Gasteiger partial charge in [0.2, 0.25) is 0 Å². The minimum atomic E-state index is -0.254. The summed E-state index contributed by atoms with van der Waals surface area (Å²) < 4.78 is 5.25. The van der Waals surface area contributed by atoms with E-state index >= 15 is 0 Å². The molecule has 0 bridgehead atoms. The van der Waals surface area contributed by atoms with Crippen LogP contribution in [0, 0.1) is 6.92 Å². The molecule has 150 valence electrons. The van der Waals surface area contributed by atoms with Crippen LogP contribution in [-0.4, -0.2) is 29.5 Å². The van der Waals surface area contributed by atoms with E-state index in [1.54, 1.807) is 20.1 Å². The Morgan fingerprint density at radius 2 is 1.83 bits per heavy atom. The van der Waals surface area contributed by atoms with Gasteiger partial charge in [0.05, 0.1) is 7.11 Å². The van der Waals surface area contributed by atoms with Crippen LogP contribution in [0.15, 0.2) is 54.6 Å². The molecule has 0 aliphatic carbocycles. The van der Waals surface area contributed by atoms with Gasteiger partial charge in [-0.3, -0.25) is 4.79 Å². The molecule has 0 aliphatic heterocycles. The number of amides is 1. The van der Waals surface area contributed by atoms with E-state index in [-0.39, 0.29) is 5.91 Å². The van der Waals surface area contributed by atoms with E-state index in [1.165, 1.54) is 5.56 Å². The van der Waals surface area contributed by atoms with Crippen LogP contribution in [-0.2, 0) is 12.8 Å². The second-order valence-electron chi connectivity index (χ2n) is 6.72. The summed E-state index contributed by atoms with van der Waals surface area (Å²) >= 11 is 0. The Balaban J connectivity index is 1.62. The lowest BCUT2D eigenvalue weighted by molar-refractivity contribution is 0.102. The van der Waals surface area contributed by atoms with Crippen molar-refractivity contribution < 1.29 is 9.53 Å².